The first kappa shape index (κ1) is 15.9. The summed E-state index contributed by atoms with van der Waals surface area (Å²) in [7, 11) is 0. The van der Waals surface area contributed by atoms with Gasteiger partial charge in [0, 0.05) is 22.7 Å². The standard InChI is InChI=1S/C18H21ClN2O3/c1-12-15(22)20(10-18-8-7-17(2,9-18)24-11-18)16(23)21(12)14-5-3-13(19)4-6-14/h3-6,12H,7-11H2,1-2H3. The number of halogens is 1. The molecule has 128 valence electrons. The van der Waals surface area contributed by atoms with Gasteiger partial charge < -0.3 is 4.74 Å². The molecule has 3 atom stereocenters. The van der Waals surface area contributed by atoms with Gasteiger partial charge in [-0.3, -0.25) is 14.6 Å². The predicted molar refractivity (Wildman–Crippen MR) is 91.1 cm³/mol. The SMILES string of the molecule is CC1C(=O)N(CC23CCC(C)(C2)OC3)C(=O)N1c1ccc(Cl)cc1. The Balaban J connectivity index is 1.58. The minimum absolute atomic E-state index is 0.0736. The summed E-state index contributed by atoms with van der Waals surface area (Å²) in [6.45, 7) is 4.99. The molecule has 2 saturated heterocycles. The fraction of sp³-hybridized carbons (Fsp3) is 0.556. The highest BCUT2D eigenvalue weighted by molar-refractivity contribution is 6.30. The van der Waals surface area contributed by atoms with Crippen molar-refractivity contribution in [1.82, 2.24) is 4.90 Å². The van der Waals surface area contributed by atoms with Crippen molar-refractivity contribution < 1.29 is 14.3 Å². The van der Waals surface area contributed by atoms with E-state index in [1.54, 1.807) is 36.1 Å². The molecule has 3 fully saturated rings. The lowest BCUT2D eigenvalue weighted by Crippen LogP contribution is -2.42. The number of carbonyl (C=O) groups is 2. The molecule has 2 bridgehead atoms. The van der Waals surface area contributed by atoms with Gasteiger partial charge >= 0.3 is 6.03 Å². The lowest BCUT2D eigenvalue weighted by molar-refractivity contribution is -0.128. The highest BCUT2D eigenvalue weighted by Crippen LogP contribution is 2.53. The molecule has 3 amide bonds. The Bertz CT molecular complexity index is 695. The molecule has 5 nitrogen and oxygen atoms in total. The highest BCUT2D eigenvalue weighted by Gasteiger charge is 2.56. The van der Waals surface area contributed by atoms with E-state index in [1.165, 1.54) is 4.90 Å². The molecule has 0 aromatic heterocycles. The molecule has 24 heavy (non-hydrogen) atoms. The third-order valence-electron chi connectivity index (χ3n) is 5.71. The van der Waals surface area contributed by atoms with Crippen LogP contribution in [-0.4, -0.2) is 41.6 Å². The maximum Gasteiger partial charge on any atom is 0.331 e. The van der Waals surface area contributed by atoms with Crippen LogP contribution in [0.25, 0.3) is 0 Å². The summed E-state index contributed by atoms with van der Waals surface area (Å²) in [5.41, 5.74) is 0.549. The first-order chi connectivity index (χ1) is 11.3. The maximum absolute atomic E-state index is 12.9. The Morgan fingerprint density at radius 3 is 2.50 bits per heavy atom. The van der Waals surface area contributed by atoms with Gasteiger partial charge in [0.05, 0.1) is 12.2 Å². The largest absolute Gasteiger partial charge is 0.375 e. The van der Waals surface area contributed by atoms with Crippen molar-refractivity contribution in [3.63, 3.8) is 0 Å². The normalized spacial score (nSPS) is 35.4. The van der Waals surface area contributed by atoms with Crippen molar-refractivity contribution in [2.45, 2.75) is 44.8 Å². The van der Waals surface area contributed by atoms with Gasteiger partial charge in [-0.15, -0.1) is 0 Å². The summed E-state index contributed by atoms with van der Waals surface area (Å²) in [6.07, 6.45) is 2.93. The number of benzene rings is 1. The zero-order valence-electron chi connectivity index (χ0n) is 13.9. The molecule has 1 aromatic carbocycles. The van der Waals surface area contributed by atoms with Crippen molar-refractivity contribution in [3.8, 4) is 0 Å². The summed E-state index contributed by atoms with van der Waals surface area (Å²) in [4.78, 5) is 28.6. The minimum Gasteiger partial charge on any atom is -0.375 e. The fourth-order valence-electron chi connectivity index (χ4n) is 4.40. The third kappa shape index (κ3) is 2.33. The Labute approximate surface area is 146 Å². The maximum atomic E-state index is 12.9. The number of carbonyl (C=O) groups excluding carboxylic acids is 2. The summed E-state index contributed by atoms with van der Waals surface area (Å²) in [5.74, 6) is -0.134. The average molecular weight is 349 g/mol. The Morgan fingerprint density at radius 1 is 1.25 bits per heavy atom. The Hall–Kier alpha value is -1.59. The van der Waals surface area contributed by atoms with Crippen LogP contribution < -0.4 is 4.90 Å². The van der Waals surface area contributed by atoms with Crippen LogP contribution in [0.1, 0.15) is 33.1 Å². The van der Waals surface area contributed by atoms with E-state index in [4.69, 9.17) is 16.3 Å². The van der Waals surface area contributed by atoms with Crippen LogP contribution in [0.5, 0.6) is 0 Å². The molecule has 0 radical (unpaired) electrons. The van der Waals surface area contributed by atoms with Gasteiger partial charge in [-0.1, -0.05) is 11.6 Å². The number of ether oxygens (including phenoxy) is 1. The van der Waals surface area contributed by atoms with E-state index in [0.29, 0.717) is 23.9 Å². The van der Waals surface area contributed by atoms with Crippen LogP contribution in [0, 0.1) is 5.41 Å². The van der Waals surface area contributed by atoms with Crippen molar-refractivity contribution in [3.05, 3.63) is 29.3 Å². The van der Waals surface area contributed by atoms with Crippen molar-refractivity contribution >= 4 is 29.2 Å². The molecule has 2 aliphatic heterocycles. The second kappa shape index (κ2) is 5.20. The molecule has 1 aromatic rings. The summed E-state index contributed by atoms with van der Waals surface area (Å²) < 4.78 is 5.90. The van der Waals surface area contributed by atoms with E-state index in [0.717, 1.165) is 19.3 Å². The van der Waals surface area contributed by atoms with E-state index in [2.05, 4.69) is 6.92 Å². The number of urea groups is 1. The molecule has 3 aliphatic rings. The van der Waals surface area contributed by atoms with Gasteiger partial charge in [0.2, 0.25) is 0 Å². The van der Waals surface area contributed by atoms with Gasteiger partial charge in [-0.05, 0) is 57.4 Å². The van der Waals surface area contributed by atoms with Crippen molar-refractivity contribution in [1.29, 1.82) is 0 Å². The third-order valence-corrected chi connectivity index (χ3v) is 5.96. The topological polar surface area (TPSA) is 49.9 Å². The number of fused-ring (bicyclic) bond motifs is 2. The van der Waals surface area contributed by atoms with E-state index in [1.807, 2.05) is 0 Å². The summed E-state index contributed by atoms with van der Waals surface area (Å²) in [5, 5.41) is 0.605. The van der Waals surface area contributed by atoms with Gasteiger partial charge in [-0.2, -0.15) is 0 Å². The number of imide groups is 1. The first-order valence-electron chi connectivity index (χ1n) is 8.37. The quantitative estimate of drug-likeness (QED) is 0.786. The average Bonchev–Trinajstić information content (AvgIpc) is 3.13. The monoisotopic (exact) mass is 348 g/mol. The molecule has 1 saturated carbocycles. The number of amides is 3. The molecule has 0 N–H and O–H groups in total. The Kier molecular flexibility index (Phi) is 3.45. The van der Waals surface area contributed by atoms with Crippen LogP contribution in [0.2, 0.25) is 5.02 Å². The van der Waals surface area contributed by atoms with Crippen LogP contribution in [-0.2, 0) is 9.53 Å². The number of hydrogen-bond donors (Lipinski definition) is 0. The van der Waals surface area contributed by atoms with Crippen LogP contribution in [0.3, 0.4) is 0 Å². The predicted octanol–water partition coefficient (Wildman–Crippen LogP) is 3.46. The summed E-state index contributed by atoms with van der Waals surface area (Å²) in [6, 6.07) is 6.27. The highest BCUT2D eigenvalue weighted by atomic mass is 35.5. The zero-order chi connectivity index (χ0) is 17.1. The molecule has 1 aliphatic carbocycles. The first-order valence-corrected chi connectivity index (χ1v) is 8.75. The number of anilines is 1. The molecule has 0 spiro atoms. The van der Waals surface area contributed by atoms with Crippen LogP contribution >= 0.6 is 11.6 Å². The number of rotatable bonds is 3. The second-order valence-electron chi connectivity index (χ2n) is 7.64. The second-order valence-corrected chi connectivity index (χ2v) is 8.08. The van der Waals surface area contributed by atoms with Crippen molar-refractivity contribution in [2.75, 3.05) is 18.1 Å². The minimum atomic E-state index is -0.495. The molecule has 3 unspecified atom stereocenters. The van der Waals surface area contributed by atoms with Crippen LogP contribution in [0.15, 0.2) is 24.3 Å². The van der Waals surface area contributed by atoms with E-state index >= 15 is 0 Å². The van der Waals surface area contributed by atoms with Crippen molar-refractivity contribution in [2.24, 2.45) is 5.41 Å². The van der Waals surface area contributed by atoms with Gasteiger partial charge in [0.1, 0.15) is 6.04 Å². The molecule has 2 heterocycles. The lowest BCUT2D eigenvalue weighted by atomic mass is 9.87. The van der Waals surface area contributed by atoms with E-state index in [-0.39, 0.29) is 23.0 Å². The van der Waals surface area contributed by atoms with Gasteiger partial charge in [0.15, 0.2) is 0 Å². The van der Waals surface area contributed by atoms with Gasteiger partial charge in [0.25, 0.3) is 5.91 Å². The molecule has 4 rings (SSSR count). The Morgan fingerprint density at radius 2 is 1.96 bits per heavy atom. The van der Waals surface area contributed by atoms with E-state index in [9.17, 15) is 9.59 Å². The number of nitrogens with zero attached hydrogens (tertiary/aromatic N) is 2. The lowest BCUT2D eigenvalue weighted by Gasteiger charge is -2.30. The summed E-state index contributed by atoms with van der Waals surface area (Å²) >= 11 is 5.92. The smallest absolute Gasteiger partial charge is 0.331 e. The number of hydrogen-bond acceptors (Lipinski definition) is 3. The zero-order valence-corrected chi connectivity index (χ0v) is 14.7. The van der Waals surface area contributed by atoms with Gasteiger partial charge in [-0.25, -0.2) is 4.79 Å². The molecular formula is C18H21ClN2O3. The molecular weight excluding hydrogens is 328 g/mol. The fourth-order valence-corrected chi connectivity index (χ4v) is 4.52. The van der Waals surface area contributed by atoms with Crippen LogP contribution in [0.4, 0.5) is 10.5 Å². The van der Waals surface area contributed by atoms with E-state index < -0.39 is 6.04 Å². The molecule has 6 heteroatoms.